The Morgan fingerprint density at radius 3 is 2.84 bits per heavy atom. The summed E-state index contributed by atoms with van der Waals surface area (Å²) in [5.41, 5.74) is 0.710. The topological polar surface area (TPSA) is 28.4 Å². The summed E-state index contributed by atoms with van der Waals surface area (Å²) < 4.78 is 5.53. The Hall–Kier alpha value is -0.800. The summed E-state index contributed by atoms with van der Waals surface area (Å²) >= 11 is 0. The van der Waals surface area contributed by atoms with Crippen molar-refractivity contribution in [3.8, 4) is 0 Å². The first-order valence-electron chi connectivity index (χ1n) is 7.83. The molecule has 2 saturated carbocycles. The molecule has 0 aromatic carbocycles. The molecule has 1 saturated heterocycles. The van der Waals surface area contributed by atoms with Gasteiger partial charge in [0.2, 0.25) is 0 Å². The van der Waals surface area contributed by atoms with Crippen LogP contribution in [0.5, 0.6) is 0 Å². The minimum atomic E-state index is 0.710. The summed E-state index contributed by atoms with van der Waals surface area (Å²) in [6.07, 6.45) is 8.85. The highest BCUT2D eigenvalue weighted by Crippen LogP contribution is 2.59. The maximum Gasteiger partial charge on any atom is 0.117 e. The standard InChI is InChI=1S/C16H24N2O/c1-2-15(19-9-1)12-18(14-3-4-14)11-13-10-16(13)5-7-17-8-6-16/h1-2,9,13-14,17H,3-8,10-12H2. The zero-order valence-corrected chi connectivity index (χ0v) is 11.6. The first-order valence-corrected chi connectivity index (χ1v) is 7.83. The molecule has 19 heavy (non-hydrogen) atoms. The Morgan fingerprint density at radius 1 is 1.32 bits per heavy atom. The normalized spacial score (nSPS) is 29.0. The molecule has 2 heterocycles. The van der Waals surface area contributed by atoms with E-state index in [4.69, 9.17) is 4.42 Å². The van der Waals surface area contributed by atoms with E-state index in [2.05, 4.69) is 16.3 Å². The van der Waals surface area contributed by atoms with E-state index in [-0.39, 0.29) is 0 Å². The molecule has 3 heteroatoms. The number of hydrogen-bond acceptors (Lipinski definition) is 3. The van der Waals surface area contributed by atoms with Crippen LogP contribution in [0.1, 0.15) is 37.9 Å². The maximum absolute atomic E-state index is 5.53. The van der Waals surface area contributed by atoms with Crippen LogP contribution in [0.4, 0.5) is 0 Å². The van der Waals surface area contributed by atoms with Crippen LogP contribution in [0.3, 0.4) is 0 Å². The van der Waals surface area contributed by atoms with E-state index in [0.717, 1.165) is 24.3 Å². The van der Waals surface area contributed by atoms with Crippen molar-refractivity contribution in [1.82, 2.24) is 10.2 Å². The van der Waals surface area contributed by atoms with E-state index in [1.165, 1.54) is 51.7 Å². The summed E-state index contributed by atoms with van der Waals surface area (Å²) in [6.45, 7) is 4.78. The first kappa shape index (κ1) is 12.0. The zero-order valence-electron chi connectivity index (χ0n) is 11.6. The van der Waals surface area contributed by atoms with Crippen molar-refractivity contribution in [2.75, 3.05) is 19.6 Å². The first-order chi connectivity index (χ1) is 9.36. The Bertz CT molecular complexity index is 418. The average Bonchev–Trinajstić information content (AvgIpc) is 3.32. The molecule has 1 atom stereocenters. The quantitative estimate of drug-likeness (QED) is 0.882. The third kappa shape index (κ3) is 2.46. The van der Waals surface area contributed by atoms with Gasteiger partial charge in [0.1, 0.15) is 5.76 Å². The molecule has 1 aromatic rings. The van der Waals surface area contributed by atoms with Gasteiger partial charge in [-0.05, 0) is 68.7 Å². The summed E-state index contributed by atoms with van der Waals surface area (Å²) in [4.78, 5) is 2.68. The van der Waals surface area contributed by atoms with Gasteiger partial charge in [0, 0.05) is 12.6 Å². The number of nitrogens with one attached hydrogen (secondary N) is 1. The highest BCUT2D eigenvalue weighted by Gasteiger charge is 2.54. The highest BCUT2D eigenvalue weighted by molar-refractivity contribution is 5.07. The number of piperidine rings is 1. The van der Waals surface area contributed by atoms with Crippen LogP contribution in [0, 0.1) is 11.3 Å². The predicted molar refractivity (Wildman–Crippen MR) is 74.8 cm³/mol. The fourth-order valence-corrected chi connectivity index (χ4v) is 3.90. The monoisotopic (exact) mass is 260 g/mol. The molecule has 1 spiro atoms. The Kier molecular flexibility index (Phi) is 2.92. The van der Waals surface area contributed by atoms with Gasteiger partial charge in [0.25, 0.3) is 0 Å². The van der Waals surface area contributed by atoms with Crippen LogP contribution >= 0.6 is 0 Å². The molecule has 3 fully saturated rings. The molecule has 0 radical (unpaired) electrons. The highest BCUT2D eigenvalue weighted by atomic mass is 16.3. The number of hydrogen-bond donors (Lipinski definition) is 1. The summed E-state index contributed by atoms with van der Waals surface area (Å²) in [5.74, 6) is 2.08. The maximum atomic E-state index is 5.53. The lowest BCUT2D eigenvalue weighted by atomic mass is 9.92. The van der Waals surface area contributed by atoms with E-state index < -0.39 is 0 Å². The minimum absolute atomic E-state index is 0.710. The second-order valence-corrected chi connectivity index (χ2v) is 6.75. The fraction of sp³-hybridized carbons (Fsp3) is 0.750. The number of rotatable bonds is 5. The van der Waals surface area contributed by atoms with E-state index in [0.29, 0.717) is 5.41 Å². The molecule has 4 rings (SSSR count). The van der Waals surface area contributed by atoms with Crippen molar-refractivity contribution in [2.45, 2.75) is 44.7 Å². The van der Waals surface area contributed by atoms with Gasteiger partial charge >= 0.3 is 0 Å². The summed E-state index contributed by atoms with van der Waals surface area (Å²) in [6, 6.07) is 4.96. The molecule has 1 unspecified atom stereocenters. The predicted octanol–water partition coefficient (Wildman–Crippen LogP) is 2.63. The molecular weight excluding hydrogens is 236 g/mol. The molecule has 3 aliphatic rings. The van der Waals surface area contributed by atoms with Crippen LogP contribution in [-0.4, -0.2) is 30.6 Å². The van der Waals surface area contributed by atoms with Gasteiger partial charge in [-0.2, -0.15) is 0 Å². The molecule has 1 N–H and O–H groups in total. The average molecular weight is 260 g/mol. The van der Waals surface area contributed by atoms with Gasteiger partial charge < -0.3 is 9.73 Å². The molecular formula is C16H24N2O. The molecule has 3 nitrogen and oxygen atoms in total. The van der Waals surface area contributed by atoms with Gasteiger partial charge in [0.05, 0.1) is 12.8 Å². The smallest absolute Gasteiger partial charge is 0.117 e. The molecule has 1 aliphatic heterocycles. The van der Waals surface area contributed by atoms with Crippen molar-refractivity contribution >= 4 is 0 Å². The molecule has 1 aromatic heterocycles. The second kappa shape index (κ2) is 4.64. The number of nitrogens with zero attached hydrogens (tertiary/aromatic N) is 1. The Morgan fingerprint density at radius 2 is 2.16 bits per heavy atom. The lowest BCUT2D eigenvalue weighted by Gasteiger charge is -2.26. The van der Waals surface area contributed by atoms with Crippen LogP contribution < -0.4 is 5.32 Å². The third-order valence-electron chi connectivity index (χ3n) is 5.42. The number of furan rings is 1. The van der Waals surface area contributed by atoms with Gasteiger partial charge in [-0.1, -0.05) is 0 Å². The van der Waals surface area contributed by atoms with Crippen molar-refractivity contribution in [3.63, 3.8) is 0 Å². The van der Waals surface area contributed by atoms with Crippen molar-refractivity contribution < 1.29 is 4.42 Å². The third-order valence-corrected chi connectivity index (χ3v) is 5.42. The van der Waals surface area contributed by atoms with Crippen molar-refractivity contribution in [3.05, 3.63) is 24.2 Å². The lowest BCUT2D eigenvalue weighted by molar-refractivity contribution is 0.200. The molecule has 104 valence electrons. The molecule has 2 aliphatic carbocycles. The molecule has 0 bridgehead atoms. The van der Waals surface area contributed by atoms with E-state index >= 15 is 0 Å². The summed E-state index contributed by atoms with van der Waals surface area (Å²) in [7, 11) is 0. The van der Waals surface area contributed by atoms with Crippen LogP contribution in [0.25, 0.3) is 0 Å². The van der Waals surface area contributed by atoms with Gasteiger partial charge in [0.15, 0.2) is 0 Å². The van der Waals surface area contributed by atoms with Crippen molar-refractivity contribution in [1.29, 1.82) is 0 Å². The van der Waals surface area contributed by atoms with Gasteiger partial charge in [-0.15, -0.1) is 0 Å². The lowest BCUT2D eigenvalue weighted by Crippen LogP contribution is -2.33. The van der Waals surface area contributed by atoms with Crippen LogP contribution in [0.2, 0.25) is 0 Å². The Labute approximate surface area is 115 Å². The Balaban J connectivity index is 1.37. The van der Waals surface area contributed by atoms with Crippen LogP contribution in [-0.2, 0) is 6.54 Å². The van der Waals surface area contributed by atoms with Crippen LogP contribution in [0.15, 0.2) is 22.8 Å². The fourth-order valence-electron chi connectivity index (χ4n) is 3.90. The second-order valence-electron chi connectivity index (χ2n) is 6.75. The minimum Gasteiger partial charge on any atom is -0.468 e. The van der Waals surface area contributed by atoms with E-state index in [1.807, 2.05) is 6.07 Å². The van der Waals surface area contributed by atoms with E-state index in [9.17, 15) is 0 Å². The summed E-state index contributed by atoms with van der Waals surface area (Å²) in [5, 5.41) is 3.50. The van der Waals surface area contributed by atoms with Crippen molar-refractivity contribution in [2.24, 2.45) is 11.3 Å². The largest absolute Gasteiger partial charge is 0.468 e. The van der Waals surface area contributed by atoms with Gasteiger partial charge in [-0.3, -0.25) is 4.90 Å². The van der Waals surface area contributed by atoms with Gasteiger partial charge in [-0.25, -0.2) is 0 Å². The zero-order chi connectivity index (χ0) is 12.7. The molecule has 0 amide bonds. The SMILES string of the molecule is c1coc(CN(CC2CC23CCNCC3)C2CC2)c1. The van der Waals surface area contributed by atoms with E-state index in [1.54, 1.807) is 6.26 Å².